The highest BCUT2D eigenvalue weighted by molar-refractivity contribution is 9.12. The van der Waals surface area contributed by atoms with E-state index in [9.17, 15) is 4.79 Å². The first-order chi connectivity index (χ1) is 13.4. The molecular weight excluding hydrogens is 426 g/mol. The topological polar surface area (TPSA) is 57.2 Å². The Morgan fingerprint density at radius 1 is 1.21 bits per heavy atom. The van der Waals surface area contributed by atoms with Gasteiger partial charge < -0.3 is 23.8 Å². The number of ketones is 1. The second-order valence-corrected chi connectivity index (χ2v) is 7.14. The Morgan fingerprint density at radius 2 is 2.00 bits per heavy atom. The van der Waals surface area contributed by atoms with Crippen LogP contribution in [0.25, 0.3) is 6.08 Å². The molecule has 7 heteroatoms. The molecule has 28 heavy (non-hydrogen) atoms. The lowest BCUT2D eigenvalue weighted by molar-refractivity contribution is 0.104. The lowest BCUT2D eigenvalue weighted by atomic mass is 10.1. The number of benzene rings is 2. The molecule has 0 aliphatic carbocycles. The van der Waals surface area contributed by atoms with E-state index in [0.29, 0.717) is 33.9 Å². The predicted octanol–water partition coefficient (Wildman–Crippen LogP) is 4.51. The maximum absolute atomic E-state index is 12.9. The van der Waals surface area contributed by atoms with Crippen LogP contribution in [-0.4, -0.2) is 40.4 Å². The van der Waals surface area contributed by atoms with E-state index in [1.54, 1.807) is 25.3 Å². The van der Waals surface area contributed by atoms with E-state index in [1.165, 1.54) is 0 Å². The van der Waals surface area contributed by atoms with Gasteiger partial charge in [0.1, 0.15) is 5.75 Å². The fourth-order valence-corrected chi connectivity index (χ4v) is 3.36. The minimum atomic E-state index is -0.136. The van der Waals surface area contributed by atoms with Crippen molar-refractivity contribution in [3.05, 3.63) is 45.9 Å². The van der Waals surface area contributed by atoms with Crippen LogP contribution in [0, 0.1) is 0 Å². The smallest absolute Gasteiger partial charge is 0.231 e. The largest absolute Gasteiger partial charge is 0.493 e. The first-order valence-electron chi connectivity index (χ1n) is 8.78. The molecule has 0 N–H and O–H groups in total. The van der Waals surface area contributed by atoms with Gasteiger partial charge in [-0.2, -0.15) is 0 Å². The summed E-state index contributed by atoms with van der Waals surface area (Å²) >= 11 is 3.41. The molecule has 3 rings (SSSR count). The zero-order valence-corrected chi connectivity index (χ0v) is 17.8. The van der Waals surface area contributed by atoms with Gasteiger partial charge in [-0.15, -0.1) is 0 Å². The number of rotatable bonds is 7. The van der Waals surface area contributed by atoms with Crippen LogP contribution in [0.5, 0.6) is 23.0 Å². The summed E-state index contributed by atoms with van der Waals surface area (Å²) < 4.78 is 22.2. The van der Waals surface area contributed by atoms with E-state index in [4.69, 9.17) is 18.9 Å². The van der Waals surface area contributed by atoms with Crippen LogP contribution in [0.3, 0.4) is 0 Å². The Labute approximate surface area is 172 Å². The van der Waals surface area contributed by atoms with Crippen molar-refractivity contribution >= 4 is 33.5 Å². The van der Waals surface area contributed by atoms with Gasteiger partial charge in [-0.3, -0.25) is 4.79 Å². The van der Waals surface area contributed by atoms with Gasteiger partial charge in [0.2, 0.25) is 12.5 Å². The zero-order valence-electron chi connectivity index (χ0n) is 16.2. The van der Waals surface area contributed by atoms with Crippen molar-refractivity contribution in [1.82, 2.24) is 0 Å². The Hall–Kier alpha value is -2.67. The van der Waals surface area contributed by atoms with Crippen LogP contribution < -0.4 is 23.8 Å². The summed E-state index contributed by atoms with van der Waals surface area (Å²) in [7, 11) is 5.39. The van der Waals surface area contributed by atoms with Crippen LogP contribution in [0.15, 0.2) is 34.8 Å². The molecule has 0 fully saturated rings. The van der Waals surface area contributed by atoms with E-state index in [2.05, 4.69) is 15.9 Å². The number of anilines is 1. The van der Waals surface area contributed by atoms with Gasteiger partial charge in [0.25, 0.3) is 0 Å². The number of allylic oxidation sites excluding steroid dienone is 1. The lowest BCUT2D eigenvalue weighted by Gasteiger charge is -2.18. The first-order valence-corrected chi connectivity index (χ1v) is 9.57. The lowest BCUT2D eigenvalue weighted by Crippen LogP contribution is -2.12. The van der Waals surface area contributed by atoms with Crippen LogP contribution in [0.1, 0.15) is 22.8 Å². The summed E-state index contributed by atoms with van der Waals surface area (Å²) in [5.74, 6) is 2.33. The molecule has 1 aliphatic rings. The Balaban J connectivity index is 1.91. The maximum Gasteiger partial charge on any atom is 0.231 e. The number of carbonyl (C=O) groups excluding carboxylic acids is 1. The Morgan fingerprint density at radius 3 is 2.68 bits per heavy atom. The van der Waals surface area contributed by atoms with Crippen molar-refractivity contribution in [3.63, 3.8) is 0 Å². The highest BCUT2D eigenvalue weighted by atomic mass is 79.9. The number of hydrogen-bond donors (Lipinski definition) is 0. The SMILES string of the molecule is CCOc1ccc(C(=O)/C(Br)=C\c2cc(OC)c3c(c2)OCO3)cc1N(C)C. The average Bonchev–Trinajstić information content (AvgIpc) is 3.15. The fourth-order valence-electron chi connectivity index (χ4n) is 2.87. The van der Waals surface area contributed by atoms with Gasteiger partial charge in [-0.05, 0) is 64.8 Å². The van der Waals surface area contributed by atoms with Crippen molar-refractivity contribution in [2.75, 3.05) is 39.5 Å². The van der Waals surface area contributed by atoms with Crippen molar-refractivity contribution in [1.29, 1.82) is 0 Å². The Bertz CT molecular complexity index is 923. The normalized spacial score (nSPS) is 12.7. The van der Waals surface area contributed by atoms with Crippen LogP contribution in [0.4, 0.5) is 5.69 Å². The third-order valence-corrected chi connectivity index (χ3v) is 4.78. The molecule has 2 aromatic rings. The average molecular weight is 448 g/mol. The number of halogens is 1. The molecule has 0 bridgehead atoms. The van der Waals surface area contributed by atoms with Crippen molar-refractivity contribution in [2.45, 2.75) is 6.92 Å². The van der Waals surface area contributed by atoms with Gasteiger partial charge in [0.15, 0.2) is 17.3 Å². The van der Waals surface area contributed by atoms with E-state index in [1.807, 2.05) is 44.1 Å². The second-order valence-electron chi connectivity index (χ2n) is 6.29. The molecule has 0 saturated heterocycles. The first kappa shape index (κ1) is 20.1. The van der Waals surface area contributed by atoms with Crippen LogP contribution in [0.2, 0.25) is 0 Å². The summed E-state index contributed by atoms with van der Waals surface area (Å²) in [6.07, 6.45) is 1.73. The number of nitrogens with zero attached hydrogens (tertiary/aromatic N) is 1. The number of carbonyl (C=O) groups is 1. The molecule has 0 atom stereocenters. The molecule has 0 unspecified atom stereocenters. The molecule has 148 valence electrons. The minimum absolute atomic E-state index is 0.136. The molecule has 0 amide bonds. The minimum Gasteiger partial charge on any atom is -0.493 e. The number of methoxy groups -OCH3 is 1. The predicted molar refractivity (Wildman–Crippen MR) is 112 cm³/mol. The third kappa shape index (κ3) is 4.09. The Kier molecular flexibility index (Phi) is 6.14. The van der Waals surface area contributed by atoms with Gasteiger partial charge in [0.05, 0.1) is 23.9 Å². The molecule has 0 saturated carbocycles. The van der Waals surface area contributed by atoms with Gasteiger partial charge >= 0.3 is 0 Å². The molecule has 1 aliphatic heterocycles. The highest BCUT2D eigenvalue weighted by Crippen LogP contribution is 2.42. The van der Waals surface area contributed by atoms with Gasteiger partial charge in [-0.1, -0.05) is 0 Å². The van der Waals surface area contributed by atoms with Gasteiger partial charge in [-0.25, -0.2) is 0 Å². The van der Waals surface area contributed by atoms with Crippen LogP contribution >= 0.6 is 15.9 Å². The molecule has 0 spiro atoms. The van der Waals surface area contributed by atoms with E-state index >= 15 is 0 Å². The fraction of sp³-hybridized carbons (Fsp3) is 0.286. The summed E-state index contributed by atoms with van der Waals surface area (Å²) in [5.41, 5.74) is 2.17. The van der Waals surface area contributed by atoms with E-state index in [-0.39, 0.29) is 12.6 Å². The third-order valence-electron chi connectivity index (χ3n) is 4.19. The summed E-state index contributed by atoms with van der Waals surface area (Å²) in [4.78, 5) is 14.8. The molecule has 0 aromatic heterocycles. The summed E-state index contributed by atoms with van der Waals surface area (Å²) in [5, 5.41) is 0. The maximum atomic E-state index is 12.9. The number of hydrogen-bond acceptors (Lipinski definition) is 6. The van der Waals surface area contributed by atoms with Crippen molar-refractivity contribution in [2.24, 2.45) is 0 Å². The molecule has 6 nitrogen and oxygen atoms in total. The van der Waals surface area contributed by atoms with E-state index < -0.39 is 0 Å². The zero-order chi connectivity index (χ0) is 20.3. The molecule has 2 aromatic carbocycles. The number of Topliss-reactive ketones (excluding diaryl/α,β-unsaturated/α-hetero) is 1. The van der Waals surface area contributed by atoms with Gasteiger partial charge in [0, 0.05) is 19.7 Å². The number of fused-ring (bicyclic) bond motifs is 1. The van der Waals surface area contributed by atoms with Crippen molar-refractivity contribution in [3.8, 4) is 23.0 Å². The van der Waals surface area contributed by atoms with E-state index in [0.717, 1.165) is 17.0 Å². The number of ether oxygens (including phenoxy) is 4. The van der Waals surface area contributed by atoms with Crippen molar-refractivity contribution < 1.29 is 23.7 Å². The highest BCUT2D eigenvalue weighted by Gasteiger charge is 2.20. The second kappa shape index (κ2) is 8.56. The molecule has 0 radical (unpaired) electrons. The molecular formula is C21H22BrNO5. The monoisotopic (exact) mass is 447 g/mol. The summed E-state index contributed by atoms with van der Waals surface area (Å²) in [6, 6.07) is 9.00. The molecule has 1 heterocycles. The quantitative estimate of drug-likeness (QED) is 0.459. The summed E-state index contributed by atoms with van der Waals surface area (Å²) in [6.45, 7) is 2.64. The van der Waals surface area contributed by atoms with Crippen LogP contribution in [-0.2, 0) is 0 Å². The standard InChI is InChI=1S/C21H22BrNO5/c1-5-26-17-7-6-14(11-16(17)23(2)3)20(24)15(22)8-13-9-18(25-4)21-19(10-13)27-12-28-21/h6-11H,5,12H2,1-4H3/b15-8+.